The molecule has 0 amide bonds. The molecule has 0 fully saturated rings. The van der Waals surface area contributed by atoms with Gasteiger partial charge in [-0.2, -0.15) is 0 Å². The van der Waals surface area contributed by atoms with Crippen LogP contribution in [0.1, 0.15) is 11.1 Å². The van der Waals surface area contributed by atoms with E-state index in [4.69, 9.17) is 39.5 Å². The van der Waals surface area contributed by atoms with Gasteiger partial charge in [-0.3, -0.25) is 4.79 Å². The lowest BCUT2D eigenvalue weighted by Gasteiger charge is -2.07. The number of halogens is 3. The van der Waals surface area contributed by atoms with Gasteiger partial charge in [0, 0.05) is 5.02 Å². The van der Waals surface area contributed by atoms with Crippen LogP contribution in [0.5, 0.6) is 11.6 Å². The maximum atomic E-state index is 12.1. The van der Waals surface area contributed by atoms with E-state index in [0.29, 0.717) is 26.7 Å². The van der Waals surface area contributed by atoms with Gasteiger partial charge >= 0.3 is 0 Å². The van der Waals surface area contributed by atoms with E-state index < -0.39 is 0 Å². The van der Waals surface area contributed by atoms with Gasteiger partial charge < -0.3 is 4.74 Å². The minimum Gasteiger partial charge on any atom is -0.438 e. The summed E-state index contributed by atoms with van der Waals surface area (Å²) in [7, 11) is 0. The fourth-order valence-corrected chi connectivity index (χ4v) is 3.35. The first kappa shape index (κ1) is 22.0. The number of fused-ring (bicyclic) bond motifs is 1. The zero-order valence-corrected chi connectivity index (χ0v) is 18.8. The van der Waals surface area contributed by atoms with Crippen molar-refractivity contribution >= 4 is 63.6 Å². The van der Waals surface area contributed by atoms with Crippen LogP contribution in [0.2, 0.25) is 15.1 Å². The molecule has 1 aromatic heterocycles. The van der Waals surface area contributed by atoms with E-state index in [2.05, 4.69) is 9.97 Å². The molecule has 158 valence electrons. The van der Waals surface area contributed by atoms with E-state index in [1.807, 2.05) is 18.2 Å². The van der Waals surface area contributed by atoms with E-state index >= 15 is 0 Å². The average molecular weight is 482 g/mol. The molecule has 0 N–H and O–H groups in total. The molecular weight excluding hydrogens is 467 g/mol. The van der Waals surface area contributed by atoms with Crippen LogP contribution in [0, 0.1) is 0 Å². The molecule has 4 rings (SSSR count). The van der Waals surface area contributed by atoms with E-state index in [0.717, 1.165) is 22.0 Å². The van der Waals surface area contributed by atoms with Crippen LogP contribution in [0.3, 0.4) is 0 Å². The molecule has 4 aromatic rings. The van der Waals surface area contributed by atoms with Gasteiger partial charge in [0.1, 0.15) is 12.1 Å². The fraction of sp³-hybridized carbons (Fsp3) is 0. The lowest BCUT2D eigenvalue weighted by molar-refractivity contribution is -0.110. The lowest BCUT2D eigenvalue weighted by Crippen LogP contribution is -1.91. The van der Waals surface area contributed by atoms with Crippen molar-refractivity contribution in [2.24, 2.45) is 0 Å². The Kier molecular flexibility index (Phi) is 6.86. The Hall–Kier alpha value is -3.18. The molecule has 7 heteroatoms. The number of benzene rings is 3. The largest absolute Gasteiger partial charge is 0.438 e. The van der Waals surface area contributed by atoms with Crippen molar-refractivity contribution in [3.63, 3.8) is 0 Å². The maximum absolute atomic E-state index is 12.1. The Morgan fingerprint density at radius 2 is 1.50 bits per heavy atom. The van der Waals surface area contributed by atoms with Crippen LogP contribution in [0.15, 0.2) is 79.1 Å². The first-order chi connectivity index (χ1) is 15.5. The number of nitrogens with zero attached hydrogens (tertiary/aromatic N) is 2. The van der Waals surface area contributed by atoms with E-state index in [1.54, 1.807) is 54.6 Å². The number of hydrogen-bond acceptors (Lipinski definition) is 4. The maximum Gasteiger partial charge on any atom is 0.230 e. The van der Waals surface area contributed by atoms with Gasteiger partial charge in [0.25, 0.3) is 0 Å². The number of allylic oxidation sites excluding steroid dienone is 2. The van der Waals surface area contributed by atoms with Crippen molar-refractivity contribution in [1.82, 2.24) is 9.97 Å². The number of ether oxygens (including phenoxy) is 1. The van der Waals surface area contributed by atoms with Crippen molar-refractivity contribution in [3.8, 4) is 11.6 Å². The zero-order valence-electron chi connectivity index (χ0n) is 16.5. The number of carbonyl (C=O) groups is 1. The third kappa shape index (κ3) is 5.54. The minimum absolute atomic E-state index is 0.152. The van der Waals surface area contributed by atoms with Crippen molar-refractivity contribution in [2.75, 3.05) is 0 Å². The molecule has 0 spiro atoms. The molecule has 0 aliphatic heterocycles. The topological polar surface area (TPSA) is 52.1 Å². The Bertz CT molecular complexity index is 1350. The molecule has 3 aromatic carbocycles. The molecule has 0 unspecified atom stereocenters. The SMILES string of the molecule is O=C(/C=C/c1ccc(Oc2ncnc3ccc(Cl)cc23)cc1)/C=C/c1ccc(Cl)c(Cl)c1. The average Bonchev–Trinajstić information content (AvgIpc) is 2.80. The number of aromatic nitrogens is 2. The third-order valence-corrected chi connectivity index (χ3v) is 5.45. The quantitative estimate of drug-likeness (QED) is 0.265. The van der Waals surface area contributed by atoms with Crippen LogP contribution in [-0.2, 0) is 4.79 Å². The highest BCUT2D eigenvalue weighted by Gasteiger charge is 2.07. The summed E-state index contributed by atoms with van der Waals surface area (Å²) in [6.07, 6.45) is 7.82. The van der Waals surface area contributed by atoms with E-state index in [1.165, 1.54) is 18.5 Å². The van der Waals surface area contributed by atoms with Gasteiger partial charge in [-0.05, 0) is 65.7 Å². The Labute approximate surface area is 199 Å². The number of ketones is 1. The second-order valence-electron chi connectivity index (χ2n) is 6.75. The van der Waals surface area contributed by atoms with Crippen molar-refractivity contribution in [3.05, 3.63) is 105 Å². The standard InChI is InChI=1S/C25H15Cl3N2O2/c26-18-6-12-24-21(14-18)25(30-15-29-24)32-20-9-3-16(4-10-20)1-7-19(31)8-2-17-5-11-22(27)23(28)13-17/h1-15H/b7-1+,8-2+. The minimum atomic E-state index is -0.152. The predicted molar refractivity (Wildman–Crippen MR) is 131 cm³/mol. The van der Waals surface area contributed by atoms with Gasteiger partial charge in [-0.25, -0.2) is 9.97 Å². The molecule has 0 saturated carbocycles. The summed E-state index contributed by atoms with van der Waals surface area (Å²) in [6.45, 7) is 0. The normalized spacial score (nSPS) is 11.5. The lowest BCUT2D eigenvalue weighted by atomic mass is 10.1. The highest BCUT2D eigenvalue weighted by molar-refractivity contribution is 6.42. The molecule has 0 aliphatic carbocycles. The molecular formula is C25H15Cl3N2O2. The number of hydrogen-bond donors (Lipinski definition) is 0. The van der Waals surface area contributed by atoms with Crippen LogP contribution in [-0.4, -0.2) is 15.8 Å². The molecule has 0 saturated heterocycles. The molecule has 0 bridgehead atoms. The summed E-state index contributed by atoms with van der Waals surface area (Å²) < 4.78 is 5.90. The summed E-state index contributed by atoms with van der Waals surface area (Å²) in [5, 5.41) is 2.22. The molecule has 0 radical (unpaired) electrons. The second kappa shape index (κ2) is 9.96. The molecule has 4 nitrogen and oxygen atoms in total. The summed E-state index contributed by atoms with van der Waals surface area (Å²) >= 11 is 18.0. The first-order valence-corrected chi connectivity index (χ1v) is 10.6. The van der Waals surface area contributed by atoms with Crippen LogP contribution in [0.4, 0.5) is 0 Å². The second-order valence-corrected chi connectivity index (χ2v) is 8.00. The molecule has 1 heterocycles. The molecule has 32 heavy (non-hydrogen) atoms. The predicted octanol–water partition coefficient (Wildman–Crippen LogP) is 7.68. The Balaban J connectivity index is 1.42. The number of carbonyl (C=O) groups excluding carboxylic acids is 1. The smallest absolute Gasteiger partial charge is 0.230 e. The van der Waals surface area contributed by atoms with Crippen LogP contribution < -0.4 is 4.74 Å². The molecule has 0 atom stereocenters. The van der Waals surface area contributed by atoms with Gasteiger partial charge in [-0.15, -0.1) is 0 Å². The van der Waals surface area contributed by atoms with Gasteiger partial charge in [0.15, 0.2) is 5.78 Å². The van der Waals surface area contributed by atoms with Gasteiger partial charge in [-0.1, -0.05) is 65.2 Å². The number of rotatable bonds is 6. The Morgan fingerprint density at radius 1 is 0.781 bits per heavy atom. The highest BCUT2D eigenvalue weighted by atomic mass is 35.5. The summed E-state index contributed by atoms with van der Waals surface area (Å²) in [4.78, 5) is 20.5. The highest BCUT2D eigenvalue weighted by Crippen LogP contribution is 2.29. The van der Waals surface area contributed by atoms with Crippen molar-refractivity contribution in [1.29, 1.82) is 0 Å². The van der Waals surface area contributed by atoms with Crippen molar-refractivity contribution < 1.29 is 9.53 Å². The van der Waals surface area contributed by atoms with E-state index in [-0.39, 0.29) is 5.78 Å². The molecule has 0 aliphatic rings. The monoisotopic (exact) mass is 480 g/mol. The fourth-order valence-electron chi connectivity index (χ4n) is 2.87. The zero-order chi connectivity index (χ0) is 22.5. The van der Waals surface area contributed by atoms with Gasteiger partial charge in [0.05, 0.1) is 20.9 Å². The van der Waals surface area contributed by atoms with E-state index in [9.17, 15) is 4.79 Å². The van der Waals surface area contributed by atoms with Crippen LogP contribution in [0.25, 0.3) is 23.1 Å². The third-order valence-electron chi connectivity index (χ3n) is 4.48. The van der Waals surface area contributed by atoms with Crippen molar-refractivity contribution in [2.45, 2.75) is 0 Å². The summed E-state index contributed by atoms with van der Waals surface area (Å²) in [6, 6.07) is 17.8. The summed E-state index contributed by atoms with van der Waals surface area (Å²) in [5.74, 6) is 0.872. The Morgan fingerprint density at radius 3 is 2.25 bits per heavy atom. The van der Waals surface area contributed by atoms with Crippen LogP contribution >= 0.6 is 34.8 Å². The van der Waals surface area contributed by atoms with Gasteiger partial charge in [0.2, 0.25) is 5.88 Å². The first-order valence-electron chi connectivity index (χ1n) is 9.51. The summed E-state index contributed by atoms with van der Waals surface area (Å²) in [5.41, 5.74) is 2.39.